The summed E-state index contributed by atoms with van der Waals surface area (Å²) in [5.41, 5.74) is 4.53. The SMILES string of the molecule is COCCNCCNCc1ccc2c(c1)CCC2. The minimum atomic E-state index is 0.783. The lowest BCUT2D eigenvalue weighted by Gasteiger charge is -2.08. The van der Waals surface area contributed by atoms with Crippen molar-refractivity contribution >= 4 is 0 Å². The number of ether oxygens (including phenoxy) is 1. The molecule has 0 aliphatic heterocycles. The Morgan fingerprint density at radius 2 is 1.89 bits per heavy atom. The van der Waals surface area contributed by atoms with Crippen LogP contribution < -0.4 is 10.6 Å². The van der Waals surface area contributed by atoms with Gasteiger partial charge in [-0.3, -0.25) is 0 Å². The summed E-state index contributed by atoms with van der Waals surface area (Å²) in [7, 11) is 1.73. The largest absolute Gasteiger partial charge is 0.383 e. The molecule has 1 aliphatic rings. The van der Waals surface area contributed by atoms with Gasteiger partial charge >= 0.3 is 0 Å². The lowest BCUT2D eigenvalue weighted by atomic mass is 10.1. The molecule has 0 saturated heterocycles. The highest BCUT2D eigenvalue weighted by atomic mass is 16.5. The molecule has 0 saturated carbocycles. The Morgan fingerprint density at radius 1 is 1.06 bits per heavy atom. The van der Waals surface area contributed by atoms with E-state index in [1.165, 1.54) is 24.8 Å². The maximum atomic E-state index is 4.98. The van der Waals surface area contributed by atoms with E-state index in [0.29, 0.717) is 0 Å². The van der Waals surface area contributed by atoms with Crippen LogP contribution in [0.25, 0.3) is 0 Å². The third-order valence-corrected chi connectivity index (χ3v) is 3.45. The molecule has 3 nitrogen and oxygen atoms in total. The van der Waals surface area contributed by atoms with Crippen LogP contribution in [-0.4, -0.2) is 33.4 Å². The quantitative estimate of drug-likeness (QED) is 0.684. The third-order valence-electron chi connectivity index (χ3n) is 3.45. The van der Waals surface area contributed by atoms with Crippen molar-refractivity contribution in [3.05, 3.63) is 34.9 Å². The second-order valence-corrected chi connectivity index (χ2v) is 4.88. The number of hydrogen-bond donors (Lipinski definition) is 2. The van der Waals surface area contributed by atoms with Crippen LogP contribution in [-0.2, 0) is 24.1 Å². The van der Waals surface area contributed by atoms with Crippen molar-refractivity contribution in [1.82, 2.24) is 10.6 Å². The van der Waals surface area contributed by atoms with Gasteiger partial charge in [0.25, 0.3) is 0 Å². The van der Waals surface area contributed by atoms with Crippen LogP contribution in [0.1, 0.15) is 23.1 Å². The maximum Gasteiger partial charge on any atom is 0.0587 e. The molecule has 0 bridgehead atoms. The smallest absolute Gasteiger partial charge is 0.0587 e. The Kier molecular flexibility index (Phi) is 5.65. The number of nitrogens with one attached hydrogen (secondary N) is 2. The fourth-order valence-corrected chi connectivity index (χ4v) is 2.44. The molecular weight excluding hydrogens is 224 g/mol. The molecule has 0 unspecified atom stereocenters. The topological polar surface area (TPSA) is 33.3 Å². The minimum absolute atomic E-state index is 0.783. The molecule has 0 spiro atoms. The highest BCUT2D eigenvalue weighted by Gasteiger charge is 2.10. The van der Waals surface area contributed by atoms with Gasteiger partial charge in [0.1, 0.15) is 0 Å². The zero-order valence-electron chi connectivity index (χ0n) is 11.3. The lowest BCUT2D eigenvalue weighted by Crippen LogP contribution is -2.29. The van der Waals surface area contributed by atoms with Gasteiger partial charge in [0, 0.05) is 33.3 Å². The van der Waals surface area contributed by atoms with Gasteiger partial charge in [-0.2, -0.15) is 0 Å². The molecule has 3 heteroatoms. The lowest BCUT2D eigenvalue weighted by molar-refractivity contribution is 0.199. The van der Waals surface area contributed by atoms with E-state index in [2.05, 4.69) is 28.8 Å². The third kappa shape index (κ3) is 4.09. The van der Waals surface area contributed by atoms with Gasteiger partial charge in [0.15, 0.2) is 0 Å². The molecular formula is C15H24N2O. The van der Waals surface area contributed by atoms with Crippen molar-refractivity contribution in [3.8, 4) is 0 Å². The molecule has 0 amide bonds. The highest BCUT2D eigenvalue weighted by Crippen LogP contribution is 2.22. The molecule has 0 heterocycles. The monoisotopic (exact) mass is 248 g/mol. The Hall–Kier alpha value is -0.900. The Bertz CT molecular complexity index is 366. The zero-order chi connectivity index (χ0) is 12.6. The molecule has 2 rings (SSSR count). The summed E-state index contributed by atoms with van der Waals surface area (Å²) in [6.07, 6.45) is 3.86. The first-order valence-corrected chi connectivity index (χ1v) is 6.91. The molecule has 0 radical (unpaired) electrons. The normalized spacial score (nSPS) is 13.8. The Labute approximate surface area is 110 Å². The minimum Gasteiger partial charge on any atom is -0.383 e. The summed E-state index contributed by atoms with van der Waals surface area (Å²) in [5.74, 6) is 0. The molecule has 0 atom stereocenters. The van der Waals surface area contributed by atoms with Crippen molar-refractivity contribution < 1.29 is 4.74 Å². The van der Waals surface area contributed by atoms with Gasteiger partial charge in [-0.1, -0.05) is 18.2 Å². The first-order chi connectivity index (χ1) is 8.90. The summed E-state index contributed by atoms with van der Waals surface area (Å²) in [5, 5.41) is 6.79. The van der Waals surface area contributed by atoms with Crippen LogP contribution in [0, 0.1) is 0 Å². The predicted octanol–water partition coefficient (Wildman–Crippen LogP) is 1.50. The number of hydrogen-bond acceptors (Lipinski definition) is 3. The van der Waals surface area contributed by atoms with E-state index in [1.807, 2.05) is 0 Å². The van der Waals surface area contributed by atoms with Crippen molar-refractivity contribution in [2.24, 2.45) is 0 Å². The van der Waals surface area contributed by atoms with Gasteiger partial charge in [0.2, 0.25) is 0 Å². The van der Waals surface area contributed by atoms with Crippen LogP contribution >= 0.6 is 0 Å². The van der Waals surface area contributed by atoms with Crippen molar-refractivity contribution in [3.63, 3.8) is 0 Å². The number of benzene rings is 1. The molecule has 18 heavy (non-hydrogen) atoms. The van der Waals surface area contributed by atoms with E-state index in [9.17, 15) is 0 Å². The number of aryl methyl sites for hydroxylation is 2. The summed E-state index contributed by atoms with van der Waals surface area (Å²) >= 11 is 0. The predicted molar refractivity (Wildman–Crippen MR) is 74.9 cm³/mol. The molecule has 0 fully saturated rings. The Morgan fingerprint density at radius 3 is 2.78 bits per heavy atom. The maximum absolute atomic E-state index is 4.98. The number of rotatable bonds is 8. The molecule has 1 aliphatic carbocycles. The van der Waals surface area contributed by atoms with Gasteiger partial charge < -0.3 is 15.4 Å². The fourth-order valence-electron chi connectivity index (χ4n) is 2.44. The average molecular weight is 248 g/mol. The second-order valence-electron chi connectivity index (χ2n) is 4.88. The summed E-state index contributed by atoms with van der Waals surface area (Å²) < 4.78 is 4.98. The zero-order valence-corrected chi connectivity index (χ0v) is 11.3. The summed E-state index contributed by atoms with van der Waals surface area (Å²) in [6.45, 7) is 4.68. The van der Waals surface area contributed by atoms with Crippen LogP contribution in [0.2, 0.25) is 0 Å². The van der Waals surface area contributed by atoms with Crippen LogP contribution in [0.3, 0.4) is 0 Å². The van der Waals surface area contributed by atoms with Gasteiger partial charge in [-0.15, -0.1) is 0 Å². The van der Waals surface area contributed by atoms with Gasteiger partial charge in [0.05, 0.1) is 6.61 Å². The van der Waals surface area contributed by atoms with E-state index in [4.69, 9.17) is 4.74 Å². The Balaban J connectivity index is 1.62. The van der Waals surface area contributed by atoms with Crippen LogP contribution in [0.5, 0.6) is 0 Å². The fraction of sp³-hybridized carbons (Fsp3) is 0.600. The first-order valence-electron chi connectivity index (χ1n) is 6.91. The standard InChI is InChI=1S/C15H24N2O/c1-18-10-9-16-7-8-17-12-13-5-6-14-3-2-4-15(14)11-13/h5-6,11,16-17H,2-4,7-10,12H2,1H3. The average Bonchev–Trinajstić information content (AvgIpc) is 2.85. The number of fused-ring (bicyclic) bond motifs is 1. The van der Waals surface area contributed by atoms with Gasteiger partial charge in [-0.05, 0) is 36.0 Å². The van der Waals surface area contributed by atoms with Gasteiger partial charge in [-0.25, -0.2) is 0 Å². The van der Waals surface area contributed by atoms with Crippen LogP contribution in [0.4, 0.5) is 0 Å². The van der Waals surface area contributed by atoms with E-state index in [-0.39, 0.29) is 0 Å². The van der Waals surface area contributed by atoms with Crippen molar-refractivity contribution in [2.75, 3.05) is 33.4 Å². The van der Waals surface area contributed by atoms with Crippen molar-refractivity contribution in [2.45, 2.75) is 25.8 Å². The molecule has 100 valence electrons. The number of methoxy groups -OCH3 is 1. The molecule has 0 aromatic heterocycles. The van der Waals surface area contributed by atoms with Crippen molar-refractivity contribution in [1.29, 1.82) is 0 Å². The molecule has 1 aromatic rings. The van der Waals surface area contributed by atoms with Crippen LogP contribution in [0.15, 0.2) is 18.2 Å². The van der Waals surface area contributed by atoms with E-state index < -0.39 is 0 Å². The highest BCUT2D eigenvalue weighted by molar-refractivity contribution is 5.35. The van der Waals surface area contributed by atoms with E-state index in [1.54, 1.807) is 18.2 Å². The molecule has 2 N–H and O–H groups in total. The second kappa shape index (κ2) is 7.52. The summed E-state index contributed by atoms with van der Waals surface area (Å²) in [4.78, 5) is 0. The summed E-state index contributed by atoms with van der Waals surface area (Å²) in [6, 6.07) is 6.93. The first kappa shape index (κ1) is 13.5. The van der Waals surface area contributed by atoms with E-state index in [0.717, 1.165) is 32.8 Å². The molecule has 1 aromatic carbocycles. The van der Waals surface area contributed by atoms with E-state index >= 15 is 0 Å².